The van der Waals surface area contributed by atoms with Crippen LogP contribution in [-0.4, -0.2) is 41.1 Å². The number of nitrogens with one attached hydrogen (secondary N) is 1. The molecule has 2 rings (SSSR count). The van der Waals surface area contributed by atoms with Crippen molar-refractivity contribution < 1.29 is 14.3 Å². The fourth-order valence-electron chi connectivity index (χ4n) is 3.52. The second-order valence-electron chi connectivity index (χ2n) is 7.34. The van der Waals surface area contributed by atoms with Crippen molar-refractivity contribution in [2.75, 3.05) is 0 Å². The molecule has 1 aliphatic rings. The number of benzene rings is 1. The average Bonchev–Trinajstić information content (AvgIpc) is 2.62. The predicted octanol–water partition coefficient (Wildman–Crippen LogP) is 2.81. The van der Waals surface area contributed by atoms with Gasteiger partial charge in [-0.25, -0.2) is 4.79 Å². The molecule has 0 spiro atoms. The van der Waals surface area contributed by atoms with E-state index in [1.807, 2.05) is 49.1 Å². The lowest BCUT2D eigenvalue weighted by Gasteiger charge is -2.40. The minimum absolute atomic E-state index is 0.00122. The van der Waals surface area contributed by atoms with E-state index < -0.39 is 6.04 Å². The third kappa shape index (κ3) is 5.73. The van der Waals surface area contributed by atoms with Crippen molar-refractivity contribution in [2.24, 2.45) is 5.73 Å². The highest BCUT2D eigenvalue weighted by Gasteiger charge is 2.32. The van der Waals surface area contributed by atoms with Crippen molar-refractivity contribution in [3.8, 4) is 0 Å². The molecule has 1 aliphatic carbocycles. The number of hydrogen-bond acceptors (Lipinski definition) is 4. The van der Waals surface area contributed by atoms with E-state index in [1.54, 1.807) is 6.92 Å². The lowest BCUT2D eigenvalue weighted by atomic mass is 9.89. The van der Waals surface area contributed by atoms with Gasteiger partial charge in [0.25, 0.3) is 0 Å². The van der Waals surface area contributed by atoms with Gasteiger partial charge >= 0.3 is 6.09 Å². The zero-order valence-electron chi connectivity index (χ0n) is 16.0. The molecule has 144 valence electrons. The minimum Gasteiger partial charge on any atom is -0.445 e. The van der Waals surface area contributed by atoms with Crippen LogP contribution in [0.25, 0.3) is 0 Å². The molecule has 0 aromatic heterocycles. The first kappa shape index (κ1) is 20.2. The second kappa shape index (κ2) is 9.57. The molecule has 1 fully saturated rings. The predicted molar refractivity (Wildman–Crippen MR) is 101 cm³/mol. The smallest absolute Gasteiger partial charge is 0.407 e. The number of rotatable bonds is 6. The molecule has 26 heavy (non-hydrogen) atoms. The first-order chi connectivity index (χ1) is 12.4. The van der Waals surface area contributed by atoms with Crippen LogP contribution in [0.3, 0.4) is 0 Å². The zero-order valence-corrected chi connectivity index (χ0v) is 16.0. The van der Waals surface area contributed by atoms with Gasteiger partial charge in [-0.3, -0.25) is 4.79 Å². The molecule has 1 aromatic rings. The van der Waals surface area contributed by atoms with Gasteiger partial charge in [0.1, 0.15) is 6.61 Å². The molecule has 1 atom stereocenters. The summed E-state index contributed by atoms with van der Waals surface area (Å²) in [4.78, 5) is 26.3. The lowest BCUT2D eigenvalue weighted by Crippen LogP contribution is -2.53. The molecular formula is C20H31N3O3. The van der Waals surface area contributed by atoms with E-state index in [0.29, 0.717) is 0 Å². The van der Waals surface area contributed by atoms with Crippen molar-refractivity contribution >= 4 is 12.0 Å². The topological polar surface area (TPSA) is 84.7 Å². The van der Waals surface area contributed by atoms with Crippen LogP contribution in [0.15, 0.2) is 30.3 Å². The van der Waals surface area contributed by atoms with E-state index in [9.17, 15) is 9.59 Å². The Labute approximate surface area is 156 Å². The van der Waals surface area contributed by atoms with Crippen molar-refractivity contribution in [2.45, 2.75) is 77.2 Å². The summed E-state index contributed by atoms with van der Waals surface area (Å²) in [6.45, 7) is 6.04. The van der Waals surface area contributed by atoms with Crippen molar-refractivity contribution in [1.82, 2.24) is 10.2 Å². The van der Waals surface area contributed by atoms with Gasteiger partial charge in [-0.1, -0.05) is 30.3 Å². The largest absolute Gasteiger partial charge is 0.445 e. The number of carbonyl (C=O) groups excluding carboxylic acids is 2. The molecule has 0 bridgehead atoms. The number of nitrogens with two attached hydrogens (primary N) is 1. The summed E-state index contributed by atoms with van der Waals surface area (Å²) >= 11 is 0. The third-order valence-electron chi connectivity index (χ3n) is 4.83. The maximum Gasteiger partial charge on any atom is 0.407 e. The quantitative estimate of drug-likeness (QED) is 0.816. The van der Waals surface area contributed by atoms with Gasteiger partial charge in [0.2, 0.25) is 5.91 Å². The van der Waals surface area contributed by atoms with Crippen LogP contribution in [-0.2, 0) is 16.1 Å². The van der Waals surface area contributed by atoms with E-state index in [1.165, 1.54) is 0 Å². The summed E-state index contributed by atoms with van der Waals surface area (Å²) in [5, 5.41) is 2.94. The Kier molecular flexibility index (Phi) is 7.45. The molecule has 0 saturated heterocycles. The molecule has 0 radical (unpaired) electrons. The van der Waals surface area contributed by atoms with Gasteiger partial charge < -0.3 is 20.7 Å². The van der Waals surface area contributed by atoms with Crippen LogP contribution >= 0.6 is 0 Å². The van der Waals surface area contributed by atoms with Gasteiger partial charge in [-0.15, -0.1) is 0 Å². The summed E-state index contributed by atoms with van der Waals surface area (Å²) in [7, 11) is 0. The monoisotopic (exact) mass is 361 g/mol. The van der Waals surface area contributed by atoms with E-state index in [4.69, 9.17) is 10.5 Å². The summed E-state index contributed by atoms with van der Waals surface area (Å²) in [6, 6.07) is 9.53. The summed E-state index contributed by atoms with van der Waals surface area (Å²) in [5.74, 6) is -0.00122. The molecule has 6 heteroatoms. The number of hydrogen-bond donors (Lipinski definition) is 2. The Balaban J connectivity index is 1.78. The second-order valence-corrected chi connectivity index (χ2v) is 7.34. The van der Waals surface area contributed by atoms with Crippen molar-refractivity contribution in [3.05, 3.63) is 35.9 Å². The van der Waals surface area contributed by atoms with Crippen LogP contribution in [0, 0.1) is 0 Å². The third-order valence-corrected chi connectivity index (χ3v) is 4.83. The van der Waals surface area contributed by atoms with Crippen molar-refractivity contribution in [3.63, 3.8) is 0 Å². The highest BCUT2D eigenvalue weighted by atomic mass is 16.5. The fraction of sp³-hybridized carbons (Fsp3) is 0.600. The molecule has 2 amide bonds. The van der Waals surface area contributed by atoms with Gasteiger partial charge in [0.05, 0.1) is 6.04 Å². The lowest BCUT2D eigenvalue weighted by molar-refractivity contribution is -0.137. The standard InChI is InChI=1S/C20H31N3O3/c1-14(2)23(19(24)15(3)21)18-11-9-17(10-12-18)22-20(25)26-13-16-7-5-4-6-8-16/h4-8,14-15,17-18H,9-13,21H2,1-3H3,(H,22,25)/t15-,17?,18?/m0/s1. The minimum atomic E-state index is -0.485. The number of amides is 2. The highest BCUT2D eigenvalue weighted by molar-refractivity contribution is 5.81. The van der Waals surface area contributed by atoms with Gasteiger partial charge in [-0.05, 0) is 52.0 Å². The van der Waals surface area contributed by atoms with Crippen LogP contribution < -0.4 is 11.1 Å². The number of carbonyl (C=O) groups is 2. The average molecular weight is 361 g/mol. The first-order valence-electron chi connectivity index (χ1n) is 9.43. The van der Waals surface area contributed by atoms with E-state index in [0.717, 1.165) is 31.2 Å². The summed E-state index contributed by atoms with van der Waals surface area (Å²) < 4.78 is 5.28. The Hall–Kier alpha value is -2.08. The van der Waals surface area contributed by atoms with E-state index >= 15 is 0 Å². The van der Waals surface area contributed by atoms with E-state index in [-0.39, 0.29) is 36.7 Å². The zero-order chi connectivity index (χ0) is 19.1. The molecule has 1 saturated carbocycles. The molecule has 0 heterocycles. The molecule has 1 aromatic carbocycles. The van der Waals surface area contributed by atoms with Crippen LogP contribution in [0.4, 0.5) is 4.79 Å². The van der Waals surface area contributed by atoms with E-state index in [2.05, 4.69) is 5.32 Å². The van der Waals surface area contributed by atoms with Gasteiger partial charge in [0, 0.05) is 18.1 Å². The molecule has 0 unspecified atom stereocenters. The molecule has 6 nitrogen and oxygen atoms in total. The first-order valence-corrected chi connectivity index (χ1v) is 9.43. The van der Waals surface area contributed by atoms with Gasteiger partial charge in [0.15, 0.2) is 0 Å². The fourth-order valence-corrected chi connectivity index (χ4v) is 3.52. The molecular weight excluding hydrogens is 330 g/mol. The van der Waals surface area contributed by atoms with Gasteiger partial charge in [-0.2, -0.15) is 0 Å². The number of nitrogens with zero attached hydrogens (tertiary/aromatic N) is 1. The highest BCUT2D eigenvalue weighted by Crippen LogP contribution is 2.25. The summed E-state index contributed by atoms with van der Waals surface area (Å²) in [5.41, 5.74) is 6.76. The molecule has 3 N–H and O–H groups in total. The SMILES string of the molecule is CC(C)N(C(=O)[C@H](C)N)C1CCC(NC(=O)OCc2ccccc2)CC1. The maximum atomic E-state index is 12.4. The molecule has 0 aliphatic heterocycles. The summed E-state index contributed by atoms with van der Waals surface area (Å²) in [6.07, 6.45) is 3.01. The number of alkyl carbamates (subject to hydrolysis) is 1. The normalized spacial score (nSPS) is 21.1. The maximum absolute atomic E-state index is 12.4. The van der Waals surface area contributed by atoms with Crippen LogP contribution in [0.2, 0.25) is 0 Å². The Morgan fingerprint density at radius 3 is 2.31 bits per heavy atom. The van der Waals surface area contributed by atoms with Crippen LogP contribution in [0.5, 0.6) is 0 Å². The Bertz CT molecular complexity index is 581. The number of ether oxygens (including phenoxy) is 1. The Morgan fingerprint density at radius 2 is 1.77 bits per heavy atom. The van der Waals surface area contributed by atoms with Crippen molar-refractivity contribution in [1.29, 1.82) is 0 Å². The Morgan fingerprint density at radius 1 is 1.15 bits per heavy atom. The van der Waals surface area contributed by atoms with Crippen LogP contribution in [0.1, 0.15) is 52.0 Å².